The molecular weight excluding hydrogens is 518 g/mol. The van der Waals surface area contributed by atoms with Crippen molar-refractivity contribution in [2.75, 3.05) is 26.2 Å². The number of Topliss-reactive ketones (excluding diaryl/α,β-unsaturated/α-hetero) is 1. The van der Waals surface area contributed by atoms with Crippen LogP contribution in [0.2, 0.25) is 5.02 Å². The average molecular weight is 550 g/mol. The van der Waals surface area contributed by atoms with Crippen molar-refractivity contribution >= 4 is 34.7 Å². The van der Waals surface area contributed by atoms with Crippen LogP contribution in [0.5, 0.6) is 17.2 Å². The van der Waals surface area contributed by atoms with Crippen molar-refractivity contribution in [2.24, 2.45) is 0 Å². The first-order valence-corrected chi connectivity index (χ1v) is 12.8. The van der Waals surface area contributed by atoms with E-state index in [-0.39, 0.29) is 16.7 Å². The molecule has 1 aliphatic rings. The third-order valence-corrected chi connectivity index (χ3v) is 7.36. The van der Waals surface area contributed by atoms with Crippen LogP contribution in [-0.4, -0.2) is 38.1 Å². The molecule has 1 unspecified atom stereocenters. The van der Waals surface area contributed by atoms with Gasteiger partial charge in [-0.3, -0.25) is 14.5 Å². The van der Waals surface area contributed by atoms with E-state index in [4.69, 9.17) is 25.8 Å². The fraction of sp³-hybridized carbons (Fsp3) is 0.290. The van der Waals surface area contributed by atoms with Crippen LogP contribution in [-0.2, 0) is 15.0 Å². The molecule has 1 fully saturated rings. The number of rotatable bonds is 6. The number of hydrogen-bond donors (Lipinski definition) is 1. The third kappa shape index (κ3) is 4.94. The van der Waals surface area contributed by atoms with Gasteiger partial charge in [0.05, 0.1) is 32.9 Å². The van der Waals surface area contributed by atoms with Crippen LogP contribution in [0, 0.1) is 6.92 Å². The van der Waals surface area contributed by atoms with Crippen molar-refractivity contribution in [3.05, 3.63) is 87.4 Å². The predicted octanol–water partition coefficient (Wildman–Crippen LogP) is 6.60. The van der Waals surface area contributed by atoms with E-state index in [9.17, 15) is 14.7 Å². The molecule has 3 aromatic carbocycles. The summed E-state index contributed by atoms with van der Waals surface area (Å²) in [4.78, 5) is 28.6. The van der Waals surface area contributed by atoms with Crippen LogP contribution in [0.15, 0.2) is 60.2 Å². The SMILES string of the molecule is COc1ccc(C2/C(=C(\O)c3ccc(OC)c(C(C)(C)C)c3)C(=O)C(=O)N2c2cccc(Cl)c2C)cc1OC. The van der Waals surface area contributed by atoms with Gasteiger partial charge >= 0.3 is 0 Å². The maximum atomic E-state index is 13.6. The van der Waals surface area contributed by atoms with Gasteiger partial charge in [0.25, 0.3) is 11.7 Å². The molecule has 3 aromatic rings. The molecule has 1 aliphatic heterocycles. The summed E-state index contributed by atoms with van der Waals surface area (Å²) in [6.07, 6.45) is 0. The molecule has 0 spiro atoms. The molecule has 1 N–H and O–H groups in total. The highest BCUT2D eigenvalue weighted by Crippen LogP contribution is 2.46. The Bertz CT molecular complexity index is 1490. The highest BCUT2D eigenvalue weighted by molar-refractivity contribution is 6.52. The first-order chi connectivity index (χ1) is 18.4. The molecule has 0 aromatic heterocycles. The molecule has 1 atom stereocenters. The van der Waals surface area contributed by atoms with E-state index in [1.165, 1.54) is 19.1 Å². The van der Waals surface area contributed by atoms with Crippen molar-refractivity contribution < 1.29 is 28.9 Å². The Hall–Kier alpha value is -3.97. The van der Waals surface area contributed by atoms with Crippen LogP contribution in [0.3, 0.4) is 0 Å². The van der Waals surface area contributed by atoms with E-state index in [0.717, 1.165) is 5.56 Å². The maximum Gasteiger partial charge on any atom is 0.300 e. The van der Waals surface area contributed by atoms with E-state index in [0.29, 0.717) is 44.6 Å². The Balaban J connectivity index is 2.02. The minimum absolute atomic E-state index is 0.0448. The average Bonchev–Trinajstić information content (AvgIpc) is 3.18. The van der Waals surface area contributed by atoms with E-state index < -0.39 is 17.7 Å². The van der Waals surface area contributed by atoms with Gasteiger partial charge < -0.3 is 19.3 Å². The van der Waals surface area contributed by atoms with Crippen molar-refractivity contribution in [1.82, 2.24) is 0 Å². The van der Waals surface area contributed by atoms with Gasteiger partial charge in [0.2, 0.25) is 0 Å². The third-order valence-electron chi connectivity index (χ3n) is 6.95. The number of ether oxygens (including phenoxy) is 3. The van der Waals surface area contributed by atoms with Crippen LogP contribution >= 0.6 is 11.6 Å². The standard InChI is InChI=1S/C31H32ClNO6/c1-17-21(32)9-8-10-22(17)33-27(18-11-14-24(38-6)25(16-18)39-7)26(29(35)30(33)36)28(34)19-12-13-23(37-5)20(15-19)31(2,3)4/h8-16,27,34H,1-7H3/b28-26+. The molecule has 39 heavy (non-hydrogen) atoms. The molecule has 1 amide bonds. The number of nitrogens with zero attached hydrogens (tertiary/aromatic N) is 1. The van der Waals surface area contributed by atoms with Crippen LogP contribution in [0.1, 0.15) is 49.1 Å². The van der Waals surface area contributed by atoms with Crippen molar-refractivity contribution in [3.63, 3.8) is 0 Å². The summed E-state index contributed by atoms with van der Waals surface area (Å²) < 4.78 is 16.4. The number of aliphatic hydroxyl groups is 1. The number of anilines is 1. The quantitative estimate of drug-likeness (QED) is 0.212. The van der Waals surface area contributed by atoms with Gasteiger partial charge in [-0.1, -0.05) is 44.5 Å². The highest BCUT2D eigenvalue weighted by atomic mass is 35.5. The lowest BCUT2D eigenvalue weighted by molar-refractivity contribution is -0.132. The van der Waals surface area contributed by atoms with Gasteiger partial charge in [0.1, 0.15) is 11.5 Å². The monoisotopic (exact) mass is 549 g/mol. The molecule has 1 saturated heterocycles. The lowest BCUT2D eigenvalue weighted by Gasteiger charge is -2.28. The predicted molar refractivity (Wildman–Crippen MR) is 152 cm³/mol. The normalized spacial score (nSPS) is 16.9. The lowest BCUT2D eigenvalue weighted by atomic mass is 9.84. The van der Waals surface area contributed by atoms with Crippen LogP contribution in [0.25, 0.3) is 5.76 Å². The Morgan fingerprint density at radius 1 is 0.897 bits per heavy atom. The van der Waals surface area contributed by atoms with Gasteiger partial charge in [-0.2, -0.15) is 0 Å². The Morgan fingerprint density at radius 3 is 2.15 bits per heavy atom. The molecule has 0 saturated carbocycles. The van der Waals surface area contributed by atoms with Gasteiger partial charge in [-0.25, -0.2) is 0 Å². The zero-order valence-electron chi connectivity index (χ0n) is 23.1. The van der Waals surface area contributed by atoms with Gasteiger partial charge in [-0.05, 0) is 65.9 Å². The van der Waals surface area contributed by atoms with E-state index in [1.54, 1.807) is 68.6 Å². The minimum atomic E-state index is -0.956. The number of benzene rings is 3. The molecule has 8 heteroatoms. The zero-order valence-corrected chi connectivity index (χ0v) is 23.8. The number of ketones is 1. The molecule has 0 radical (unpaired) electrons. The zero-order chi connectivity index (χ0) is 28.6. The van der Waals surface area contributed by atoms with Crippen LogP contribution in [0.4, 0.5) is 5.69 Å². The van der Waals surface area contributed by atoms with E-state index in [2.05, 4.69) is 0 Å². The summed E-state index contributed by atoms with van der Waals surface area (Å²) in [6.45, 7) is 7.86. The second-order valence-electron chi connectivity index (χ2n) is 10.3. The summed E-state index contributed by atoms with van der Waals surface area (Å²) in [5.41, 5.74) is 2.53. The van der Waals surface area contributed by atoms with E-state index >= 15 is 0 Å². The molecule has 7 nitrogen and oxygen atoms in total. The number of aliphatic hydroxyl groups excluding tert-OH is 1. The number of amides is 1. The molecule has 4 rings (SSSR count). The minimum Gasteiger partial charge on any atom is -0.507 e. The van der Waals surface area contributed by atoms with Gasteiger partial charge in [-0.15, -0.1) is 0 Å². The number of carbonyl (C=O) groups is 2. The highest BCUT2D eigenvalue weighted by Gasteiger charge is 2.47. The smallest absolute Gasteiger partial charge is 0.300 e. The Morgan fingerprint density at radius 2 is 1.54 bits per heavy atom. The summed E-state index contributed by atoms with van der Waals surface area (Å²) >= 11 is 6.41. The molecular formula is C31H32ClNO6. The Kier molecular flexibility index (Phi) is 7.66. The topological polar surface area (TPSA) is 85.3 Å². The number of hydrogen-bond acceptors (Lipinski definition) is 6. The van der Waals surface area contributed by atoms with Crippen LogP contribution < -0.4 is 19.1 Å². The fourth-order valence-corrected chi connectivity index (χ4v) is 5.04. The second kappa shape index (κ2) is 10.7. The lowest BCUT2D eigenvalue weighted by Crippen LogP contribution is -2.30. The van der Waals surface area contributed by atoms with Crippen molar-refractivity contribution in [3.8, 4) is 17.2 Å². The summed E-state index contributed by atoms with van der Waals surface area (Å²) in [5.74, 6) is -0.301. The second-order valence-corrected chi connectivity index (χ2v) is 10.7. The summed E-state index contributed by atoms with van der Waals surface area (Å²) in [7, 11) is 4.61. The van der Waals surface area contributed by atoms with Crippen molar-refractivity contribution in [1.29, 1.82) is 0 Å². The van der Waals surface area contributed by atoms with Gasteiger partial charge in [0.15, 0.2) is 11.5 Å². The van der Waals surface area contributed by atoms with Crippen molar-refractivity contribution in [2.45, 2.75) is 39.2 Å². The molecule has 204 valence electrons. The first kappa shape index (κ1) is 28.0. The number of halogens is 1. The number of carbonyl (C=O) groups excluding carboxylic acids is 2. The first-order valence-electron chi connectivity index (χ1n) is 12.4. The van der Waals surface area contributed by atoms with E-state index in [1.807, 2.05) is 20.8 Å². The fourth-order valence-electron chi connectivity index (χ4n) is 4.87. The molecule has 1 heterocycles. The maximum absolute atomic E-state index is 13.6. The molecule has 0 aliphatic carbocycles. The summed E-state index contributed by atoms with van der Waals surface area (Å²) in [5, 5.41) is 12.1. The summed E-state index contributed by atoms with van der Waals surface area (Å²) in [6, 6.07) is 14.6. The largest absolute Gasteiger partial charge is 0.507 e. The number of methoxy groups -OCH3 is 3. The van der Waals surface area contributed by atoms with Gasteiger partial charge in [0, 0.05) is 21.8 Å². The molecule has 0 bridgehead atoms. The Labute approximate surface area is 233 Å².